The number of phosphoric ester groups is 1. The van der Waals surface area contributed by atoms with Gasteiger partial charge in [-0.2, -0.15) is 0 Å². The third-order valence-corrected chi connectivity index (χ3v) is 9.91. The molecule has 0 aliphatic rings. The maximum atomic E-state index is 12.5. The molecule has 0 rings (SSSR count). The van der Waals surface area contributed by atoms with Crippen molar-refractivity contribution < 1.29 is 37.3 Å². The highest BCUT2D eigenvalue weighted by molar-refractivity contribution is 7.45. The molecule has 0 radical (unpaired) electrons. The van der Waals surface area contributed by atoms with Gasteiger partial charge in [-0.1, -0.05) is 127 Å². The molecule has 0 fully saturated rings. The summed E-state index contributed by atoms with van der Waals surface area (Å²) in [6.45, 7) is 4.64. The summed E-state index contributed by atoms with van der Waals surface area (Å²) in [6, 6.07) is 0. The number of rotatable bonds is 39. The lowest BCUT2D eigenvalue weighted by atomic mass is 10.1. The number of nitrogens with zero attached hydrogens (tertiary/aromatic N) is 1. The lowest BCUT2D eigenvalue weighted by Gasteiger charge is -2.28. The second-order valence-electron chi connectivity index (χ2n) is 15.4. The summed E-state index contributed by atoms with van der Waals surface area (Å²) in [7, 11) is 1.34. The van der Waals surface area contributed by atoms with Crippen LogP contribution in [-0.4, -0.2) is 64.1 Å². The predicted molar refractivity (Wildman–Crippen MR) is 222 cm³/mol. The average molecular weight is 768 g/mol. The Morgan fingerprint density at radius 1 is 0.604 bits per heavy atom. The highest BCUT2D eigenvalue weighted by Crippen LogP contribution is 2.38. The number of carbonyl (C=O) groups excluding carboxylic acids is 1. The highest BCUT2D eigenvalue weighted by Gasteiger charge is 2.19. The Bertz CT molecular complexity index is 989. The van der Waals surface area contributed by atoms with Gasteiger partial charge in [0.2, 0.25) is 0 Å². The van der Waals surface area contributed by atoms with Gasteiger partial charge in [-0.25, -0.2) is 0 Å². The molecule has 0 N–H and O–H groups in total. The second kappa shape index (κ2) is 37.2. The number of ether oxygens (including phenoxy) is 2. The molecular formula is C44H82NO7P. The maximum Gasteiger partial charge on any atom is 0.305 e. The van der Waals surface area contributed by atoms with E-state index in [4.69, 9.17) is 18.5 Å². The van der Waals surface area contributed by atoms with Crippen molar-refractivity contribution in [3.05, 3.63) is 48.8 Å². The van der Waals surface area contributed by atoms with Crippen molar-refractivity contribution in [2.45, 2.75) is 180 Å². The monoisotopic (exact) mass is 768 g/mol. The molecule has 0 aromatic rings. The largest absolute Gasteiger partial charge is 0.756 e. The van der Waals surface area contributed by atoms with Gasteiger partial charge in [-0.3, -0.25) is 9.36 Å². The number of quaternary nitrogens is 1. The molecule has 0 aliphatic carbocycles. The van der Waals surface area contributed by atoms with Crippen LogP contribution in [0.25, 0.3) is 0 Å². The molecule has 0 aromatic carbocycles. The number of likely N-dealkylation sites (N-methyl/N-ethyl adjacent to an activating group) is 1. The quantitative estimate of drug-likeness (QED) is 0.0153. The Morgan fingerprint density at radius 3 is 1.60 bits per heavy atom. The Labute approximate surface area is 327 Å². The van der Waals surface area contributed by atoms with Crippen LogP contribution < -0.4 is 4.89 Å². The van der Waals surface area contributed by atoms with Gasteiger partial charge in [0.25, 0.3) is 7.82 Å². The van der Waals surface area contributed by atoms with E-state index in [9.17, 15) is 14.3 Å². The van der Waals surface area contributed by atoms with Crippen LogP contribution in [0.4, 0.5) is 0 Å². The molecule has 0 aliphatic heterocycles. The Kier molecular flexibility index (Phi) is 36.0. The Hall–Kier alpha value is -1.70. The maximum absolute atomic E-state index is 12.5. The standard InChI is InChI=1S/C44H82NO7P/c1-6-8-10-12-14-16-18-20-22-24-26-28-30-32-34-36-39-49-43(42-52-53(47,48)51-40-38-45(3,4)5)41-50-44(46)37-35-33-31-29-27-25-23-21-19-17-15-13-11-9-7-2/h15,17,20-23,36,39,43H,6-14,16,18-19,24-35,37-38,40-42H2,1-5H3/b17-15-,22-20-,23-21-,39-36-. The minimum atomic E-state index is -4.52. The molecule has 2 unspecified atom stereocenters. The normalized spacial score (nSPS) is 14.2. The van der Waals surface area contributed by atoms with Crippen molar-refractivity contribution in [1.29, 1.82) is 0 Å². The Balaban J connectivity index is 4.35. The highest BCUT2D eigenvalue weighted by atomic mass is 31.2. The lowest BCUT2D eigenvalue weighted by molar-refractivity contribution is -0.870. The van der Waals surface area contributed by atoms with Gasteiger partial charge in [0.15, 0.2) is 6.10 Å². The zero-order valence-corrected chi connectivity index (χ0v) is 35.8. The van der Waals surface area contributed by atoms with Crippen molar-refractivity contribution in [2.24, 2.45) is 0 Å². The molecule has 0 amide bonds. The van der Waals surface area contributed by atoms with Crippen LogP contribution >= 0.6 is 7.82 Å². The van der Waals surface area contributed by atoms with Gasteiger partial charge < -0.3 is 27.9 Å². The van der Waals surface area contributed by atoms with Gasteiger partial charge in [-0.15, -0.1) is 0 Å². The second-order valence-corrected chi connectivity index (χ2v) is 16.8. The van der Waals surface area contributed by atoms with E-state index in [-0.39, 0.29) is 25.8 Å². The first-order valence-corrected chi connectivity index (χ1v) is 22.9. The number of carbonyl (C=O) groups is 1. The smallest absolute Gasteiger partial charge is 0.305 e. The summed E-state index contributed by atoms with van der Waals surface area (Å²) in [6.07, 6.45) is 45.0. The molecule has 310 valence electrons. The fourth-order valence-electron chi connectivity index (χ4n) is 5.49. The summed E-state index contributed by atoms with van der Waals surface area (Å²) in [4.78, 5) is 24.8. The molecular weight excluding hydrogens is 685 g/mol. The molecule has 53 heavy (non-hydrogen) atoms. The number of allylic oxidation sites excluding steroid dienone is 7. The van der Waals surface area contributed by atoms with Crippen molar-refractivity contribution in [3.8, 4) is 0 Å². The summed E-state index contributed by atoms with van der Waals surface area (Å²) in [5, 5.41) is 0. The van der Waals surface area contributed by atoms with Gasteiger partial charge in [-0.05, 0) is 83.1 Å². The molecule has 9 heteroatoms. The molecule has 8 nitrogen and oxygen atoms in total. The summed E-state index contributed by atoms with van der Waals surface area (Å²) >= 11 is 0. The van der Waals surface area contributed by atoms with Crippen LogP contribution in [0.15, 0.2) is 48.8 Å². The SMILES string of the molecule is CCCCC/C=C\C/C=C\CCCCCCCC(=O)OCC(COP(=O)([O-])OCC[N+](C)(C)C)O/C=C\CCCCCC/C=C\CCCCCCCC. The van der Waals surface area contributed by atoms with Crippen LogP contribution in [0, 0.1) is 0 Å². The molecule has 0 aromatic heterocycles. The molecule has 0 saturated heterocycles. The number of unbranched alkanes of at least 4 members (excludes halogenated alkanes) is 19. The van der Waals surface area contributed by atoms with Crippen LogP contribution in [0.5, 0.6) is 0 Å². The van der Waals surface area contributed by atoms with Gasteiger partial charge in [0.05, 0.1) is 34.0 Å². The van der Waals surface area contributed by atoms with Crippen molar-refractivity contribution in [1.82, 2.24) is 0 Å². The van der Waals surface area contributed by atoms with E-state index in [0.717, 1.165) is 70.6 Å². The van der Waals surface area contributed by atoms with E-state index in [1.807, 2.05) is 27.2 Å². The lowest BCUT2D eigenvalue weighted by Crippen LogP contribution is -2.37. The van der Waals surface area contributed by atoms with Crippen LogP contribution in [0.1, 0.15) is 174 Å². The molecule has 0 spiro atoms. The predicted octanol–water partition coefficient (Wildman–Crippen LogP) is 12.1. The topological polar surface area (TPSA) is 94.1 Å². The summed E-state index contributed by atoms with van der Waals surface area (Å²) < 4.78 is 34.3. The third kappa shape index (κ3) is 41.3. The van der Waals surface area contributed by atoms with E-state index >= 15 is 0 Å². The number of hydrogen-bond donors (Lipinski definition) is 0. The van der Waals surface area contributed by atoms with E-state index in [1.165, 1.54) is 83.5 Å². The molecule has 2 atom stereocenters. The summed E-state index contributed by atoms with van der Waals surface area (Å²) in [5.74, 6) is -0.310. The summed E-state index contributed by atoms with van der Waals surface area (Å²) in [5.41, 5.74) is 0. The van der Waals surface area contributed by atoms with Crippen molar-refractivity contribution >= 4 is 13.8 Å². The molecule has 0 heterocycles. The van der Waals surface area contributed by atoms with Crippen molar-refractivity contribution in [2.75, 3.05) is 47.5 Å². The fourth-order valence-corrected chi connectivity index (χ4v) is 6.22. The first-order chi connectivity index (χ1) is 25.6. The van der Waals surface area contributed by atoms with Gasteiger partial charge >= 0.3 is 5.97 Å². The van der Waals surface area contributed by atoms with E-state index < -0.39 is 13.9 Å². The zero-order valence-electron chi connectivity index (χ0n) is 35.0. The average Bonchev–Trinajstić information content (AvgIpc) is 3.11. The first kappa shape index (κ1) is 51.3. The van der Waals surface area contributed by atoms with Gasteiger partial charge in [0.1, 0.15) is 19.8 Å². The van der Waals surface area contributed by atoms with E-state index in [1.54, 1.807) is 6.26 Å². The van der Waals surface area contributed by atoms with E-state index in [2.05, 4.69) is 50.3 Å². The zero-order chi connectivity index (χ0) is 39.1. The van der Waals surface area contributed by atoms with Crippen LogP contribution in [0.2, 0.25) is 0 Å². The number of phosphoric acid groups is 1. The Morgan fingerprint density at radius 2 is 1.06 bits per heavy atom. The minimum absolute atomic E-state index is 0.0216. The van der Waals surface area contributed by atoms with Crippen molar-refractivity contribution in [3.63, 3.8) is 0 Å². The first-order valence-electron chi connectivity index (χ1n) is 21.4. The van der Waals surface area contributed by atoms with Gasteiger partial charge in [0, 0.05) is 6.42 Å². The van der Waals surface area contributed by atoms with Crippen LogP contribution in [0.3, 0.4) is 0 Å². The van der Waals surface area contributed by atoms with Crippen LogP contribution in [-0.2, 0) is 27.9 Å². The minimum Gasteiger partial charge on any atom is -0.756 e. The number of esters is 1. The molecule has 0 bridgehead atoms. The fraction of sp³-hybridized carbons (Fsp3) is 0.795. The third-order valence-electron chi connectivity index (χ3n) is 8.94. The number of hydrogen-bond acceptors (Lipinski definition) is 7. The van der Waals surface area contributed by atoms with E-state index in [0.29, 0.717) is 17.4 Å². The molecule has 0 saturated carbocycles.